The van der Waals surface area contributed by atoms with E-state index in [0.717, 1.165) is 6.42 Å². The number of carbonyl (C=O) groups excluding carboxylic acids is 1. The molecule has 0 bridgehead atoms. The topological polar surface area (TPSA) is 69.6 Å². The molecule has 0 heterocycles. The molecule has 1 aliphatic rings. The minimum absolute atomic E-state index is 0.0796. The van der Waals surface area contributed by atoms with E-state index in [1.54, 1.807) is 4.90 Å². The molecule has 0 atom stereocenters. The van der Waals surface area contributed by atoms with Crippen LogP contribution in [0.5, 0.6) is 0 Å². The second-order valence-corrected chi connectivity index (χ2v) is 4.55. The van der Waals surface area contributed by atoms with Crippen molar-refractivity contribution < 1.29 is 14.7 Å². The van der Waals surface area contributed by atoms with Gasteiger partial charge in [-0.15, -0.1) is 0 Å². The smallest absolute Gasteiger partial charge is 0.329 e. The number of hydrogen-bond donors (Lipinski definition) is 2. The summed E-state index contributed by atoms with van der Waals surface area (Å²) in [7, 11) is 0. The van der Waals surface area contributed by atoms with Gasteiger partial charge in [0.2, 0.25) is 0 Å². The highest BCUT2D eigenvalue weighted by Gasteiger charge is 2.46. The van der Waals surface area contributed by atoms with E-state index in [4.69, 9.17) is 5.11 Å². The zero-order valence-electron chi connectivity index (χ0n) is 10.1. The van der Waals surface area contributed by atoms with Crippen LogP contribution in [0.4, 0.5) is 4.79 Å². The van der Waals surface area contributed by atoms with Gasteiger partial charge in [-0.1, -0.05) is 0 Å². The number of carboxylic acid groups (broad SMARTS) is 1. The maximum absolute atomic E-state index is 11.9. The molecule has 2 amide bonds. The molecule has 0 spiro atoms. The van der Waals surface area contributed by atoms with E-state index >= 15 is 0 Å². The Hall–Kier alpha value is -1.26. The van der Waals surface area contributed by atoms with Gasteiger partial charge in [0, 0.05) is 12.6 Å². The van der Waals surface area contributed by atoms with E-state index in [1.807, 2.05) is 20.8 Å². The molecule has 0 aliphatic heterocycles. The van der Waals surface area contributed by atoms with Gasteiger partial charge in [-0.3, -0.25) is 0 Å². The van der Waals surface area contributed by atoms with Crippen molar-refractivity contribution in [1.29, 1.82) is 0 Å². The van der Waals surface area contributed by atoms with Gasteiger partial charge in [0.05, 0.1) is 0 Å². The van der Waals surface area contributed by atoms with Crippen LogP contribution < -0.4 is 5.32 Å². The zero-order valence-corrected chi connectivity index (χ0v) is 10.1. The third-order valence-corrected chi connectivity index (χ3v) is 3.19. The Morgan fingerprint density at radius 2 is 2.00 bits per heavy atom. The van der Waals surface area contributed by atoms with Crippen molar-refractivity contribution in [2.75, 3.05) is 6.54 Å². The van der Waals surface area contributed by atoms with E-state index in [1.165, 1.54) is 0 Å². The highest BCUT2D eigenvalue weighted by Crippen LogP contribution is 2.32. The molecule has 1 saturated carbocycles. The number of nitrogens with zero attached hydrogens (tertiary/aromatic N) is 1. The summed E-state index contributed by atoms with van der Waals surface area (Å²) < 4.78 is 0. The molecule has 0 saturated heterocycles. The summed E-state index contributed by atoms with van der Waals surface area (Å²) in [6.07, 6.45) is 1.92. The third kappa shape index (κ3) is 2.28. The fourth-order valence-electron chi connectivity index (χ4n) is 1.94. The number of rotatable bonds is 4. The lowest BCUT2D eigenvalue weighted by Crippen LogP contribution is -2.62. The van der Waals surface area contributed by atoms with Gasteiger partial charge in [-0.25, -0.2) is 9.59 Å². The van der Waals surface area contributed by atoms with Gasteiger partial charge >= 0.3 is 12.0 Å². The van der Waals surface area contributed by atoms with Crippen LogP contribution in [-0.4, -0.2) is 40.1 Å². The quantitative estimate of drug-likeness (QED) is 0.764. The van der Waals surface area contributed by atoms with Crippen LogP contribution in [0.2, 0.25) is 0 Å². The molecule has 1 fully saturated rings. The van der Waals surface area contributed by atoms with Crippen molar-refractivity contribution in [3.05, 3.63) is 0 Å². The second kappa shape index (κ2) is 4.72. The first-order valence-corrected chi connectivity index (χ1v) is 5.75. The Morgan fingerprint density at radius 1 is 1.44 bits per heavy atom. The van der Waals surface area contributed by atoms with Crippen molar-refractivity contribution in [2.45, 2.75) is 51.6 Å². The Labute approximate surface area is 95.8 Å². The molecule has 2 N–H and O–H groups in total. The van der Waals surface area contributed by atoms with Crippen LogP contribution in [-0.2, 0) is 4.79 Å². The van der Waals surface area contributed by atoms with Crippen molar-refractivity contribution in [3.63, 3.8) is 0 Å². The summed E-state index contributed by atoms with van der Waals surface area (Å²) in [5.74, 6) is -0.924. The van der Waals surface area contributed by atoms with Gasteiger partial charge in [-0.05, 0) is 40.0 Å². The predicted octanol–water partition coefficient (Wildman–Crippen LogP) is 1.43. The lowest BCUT2D eigenvalue weighted by atomic mass is 9.77. The average molecular weight is 228 g/mol. The second-order valence-electron chi connectivity index (χ2n) is 4.55. The van der Waals surface area contributed by atoms with E-state index in [2.05, 4.69) is 5.32 Å². The summed E-state index contributed by atoms with van der Waals surface area (Å²) in [4.78, 5) is 24.6. The SMILES string of the molecule is CCN(C(=O)NC1(C(=O)O)CCC1)C(C)C. The maximum atomic E-state index is 11.9. The Morgan fingerprint density at radius 3 is 2.25 bits per heavy atom. The predicted molar refractivity (Wildman–Crippen MR) is 60.3 cm³/mol. The van der Waals surface area contributed by atoms with Crippen LogP contribution in [0.1, 0.15) is 40.0 Å². The molecular weight excluding hydrogens is 208 g/mol. The standard InChI is InChI=1S/C11H20N2O3/c1-4-13(8(2)3)10(16)12-11(9(14)15)6-5-7-11/h8H,4-7H2,1-3H3,(H,12,16)(H,14,15). The largest absolute Gasteiger partial charge is 0.480 e. The molecule has 5 nitrogen and oxygen atoms in total. The number of hydrogen-bond acceptors (Lipinski definition) is 2. The molecule has 16 heavy (non-hydrogen) atoms. The monoisotopic (exact) mass is 228 g/mol. The van der Waals surface area contributed by atoms with E-state index in [-0.39, 0.29) is 12.1 Å². The normalized spacial score (nSPS) is 17.8. The first-order chi connectivity index (χ1) is 7.43. The van der Waals surface area contributed by atoms with E-state index in [0.29, 0.717) is 19.4 Å². The van der Waals surface area contributed by atoms with Crippen LogP contribution in [0, 0.1) is 0 Å². The first-order valence-electron chi connectivity index (χ1n) is 5.75. The maximum Gasteiger partial charge on any atom is 0.329 e. The van der Waals surface area contributed by atoms with Crippen LogP contribution in [0.25, 0.3) is 0 Å². The number of aliphatic carboxylic acids is 1. The van der Waals surface area contributed by atoms with Crippen molar-refractivity contribution in [1.82, 2.24) is 10.2 Å². The molecule has 1 aliphatic carbocycles. The zero-order chi connectivity index (χ0) is 12.3. The van der Waals surface area contributed by atoms with Crippen LogP contribution in [0.15, 0.2) is 0 Å². The molecule has 1 rings (SSSR count). The minimum Gasteiger partial charge on any atom is -0.480 e. The van der Waals surface area contributed by atoms with Crippen molar-refractivity contribution >= 4 is 12.0 Å². The number of nitrogens with one attached hydrogen (secondary N) is 1. The third-order valence-electron chi connectivity index (χ3n) is 3.19. The molecule has 0 unspecified atom stereocenters. The fourth-order valence-corrected chi connectivity index (χ4v) is 1.94. The molecular formula is C11H20N2O3. The van der Waals surface area contributed by atoms with Gasteiger partial charge in [0.25, 0.3) is 0 Å². The van der Waals surface area contributed by atoms with Gasteiger partial charge < -0.3 is 15.3 Å². The van der Waals surface area contributed by atoms with Crippen LogP contribution >= 0.6 is 0 Å². The lowest BCUT2D eigenvalue weighted by molar-refractivity contribution is -0.148. The molecule has 0 radical (unpaired) electrons. The summed E-state index contributed by atoms with van der Waals surface area (Å²) in [6.45, 7) is 6.29. The average Bonchev–Trinajstić information content (AvgIpc) is 2.11. The van der Waals surface area contributed by atoms with E-state index in [9.17, 15) is 9.59 Å². The summed E-state index contributed by atoms with van der Waals surface area (Å²) >= 11 is 0. The Bertz CT molecular complexity index is 285. The molecule has 0 aromatic carbocycles. The lowest BCUT2D eigenvalue weighted by Gasteiger charge is -2.40. The summed E-state index contributed by atoms with van der Waals surface area (Å²) in [5.41, 5.74) is -1.01. The molecule has 92 valence electrons. The van der Waals surface area contributed by atoms with Crippen molar-refractivity contribution in [3.8, 4) is 0 Å². The summed E-state index contributed by atoms with van der Waals surface area (Å²) in [5, 5.41) is 11.7. The van der Waals surface area contributed by atoms with Gasteiger partial charge in [0.15, 0.2) is 0 Å². The molecule has 0 aromatic rings. The van der Waals surface area contributed by atoms with Crippen LogP contribution in [0.3, 0.4) is 0 Å². The number of urea groups is 1. The fraction of sp³-hybridized carbons (Fsp3) is 0.818. The first kappa shape index (κ1) is 12.8. The minimum atomic E-state index is -1.01. The van der Waals surface area contributed by atoms with Gasteiger partial charge in [-0.2, -0.15) is 0 Å². The number of amides is 2. The molecule has 5 heteroatoms. The highest BCUT2D eigenvalue weighted by molar-refractivity contribution is 5.87. The van der Waals surface area contributed by atoms with Gasteiger partial charge in [0.1, 0.15) is 5.54 Å². The van der Waals surface area contributed by atoms with Crippen molar-refractivity contribution in [2.24, 2.45) is 0 Å². The summed E-state index contributed by atoms with van der Waals surface area (Å²) in [6, 6.07) is -0.199. The number of carboxylic acids is 1. The number of carbonyl (C=O) groups is 2. The highest BCUT2D eigenvalue weighted by atomic mass is 16.4. The Balaban J connectivity index is 2.65. The Kier molecular flexibility index (Phi) is 3.78. The molecule has 0 aromatic heterocycles. The van der Waals surface area contributed by atoms with E-state index < -0.39 is 11.5 Å².